The predicted octanol–water partition coefficient (Wildman–Crippen LogP) is 3.87. The van der Waals surface area contributed by atoms with Gasteiger partial charge in [0.1, 0.15) is 5.82 Å². The molecule has 0 aliphatic heterocycles. The van der Waals surface area contributed by atoms with E-state index in [4.69, 9.17) is 5.73 Å². The van der Waals surface area contributed by atoms with E-state index < -0.39 is 0 Å². The van der Waals surface area contributed by atoms with Crippen molar-refractivity contribution in [1.82, 2.24) is 4.90 Å². The van der Waals surface area contributed by atoms with Gasteiger partial charge < -0.3 is 5.73 Å². The van der Waals surface area contributed by atoms with Gasteiger partial charge in [-0.15, -0.1) is 0 Å². The Kier molecular flexibility index (Phi) is 5.55. The Balaban J connectivity index is 2.25. The molecule has 1 saturated carbocycles. The maximum Gasteiger partial charge on any atom is 0.123 e. The fraction of sp³-hybridized carbons (Fsp3) is 0.647. The Morgan fingerprint density at radius 2 is 2.00 bits per heavy atom. The molecule has 0 bridgehead atoms. The van der Waals surface area contributed by atoms with Crippen molar-refractivity contribution >= 4 is 0 Å². The highest BCUT2D eigenvalue weighted by Crippen LogP contribution is 2.31. The summed E-state index contributed by atoms with van der Waals surface area (Å²) in [4.78, 5) is 2.48. The second-order valence-electron chi connectivity index (χ2n) is 5.98. The summed E-state index contributed by atoms with van der Waals surface area (Å²) in [6.45, 7) is 5.18. The van der Waals surface area contributed by atoms with Crippen LogP contribution in [0.25, 0.3) is 0 Å². The first-order valence-corrected chi connectivity index (χ1v) is 7.90. The van der Waals surface area contributed by atoms with Crippen molar-refractivity contribution < 1.29 is 4.39 Å². The van der Waals surface area contributed by atoms with E-state index in [1.807, 2.05) is 13.0 Å². The second kappa shape index (κ2) is 7.19. The molecular weight excluding hydrogens is 251 g/mol. The molecule has 0 radical (unpaired) electrons. The molecule has 2 atom stereocenters. The van der Waals surface area contributed by atoms with Gasteiger partial charge in [0, 0.05) is 18.1 Å². The van der Waals surface area contributed by atoms with Gasteiger partial charge in [-0.1, -0.05) is 38.3 Å². The van der Waals surface area contributed by atoms with E-state index in [-0.39, 0.29) is 17.9 Å². The van der Waals surface area contributed by atoms with Crippen LogP contribution in [0, 0.1) is 5.82 Å². The van der Waals surface area contributed by atoms with Crippen LogP contribution in [-0.2, 0) is 0 Å². The third-order valence-electron chi connectivity index (χ3n) is 4.45. The van der Waals surface area contributed by atoms with Crippen molar-refractivity contribution in [2.24, 2.45) is 5.73 Å². The normalized spacial score (nSPS) is 20.1. The summed E-state index contributed by atoms with van der Waals surface area (Å²) in [6.07, 6.45) is 6.43. The lowest BCUT2D eigenvalue weighted by atomic mass is 9.90. The Bertz CT molecular complexity index is 413. The Hall–Kier alpha value is -0.930. The van der Waals surface area contributed by atoms with Crippen molar-refractivity contribution in [2.45, 2.75) is 64.1 Å². The molecule has 1 aliphatic carbocycles. The quantitative estimate of drug-likeness (QED) is 0.886. The first kappa shape index (κ1) is 15.5. The largest absolute Gasteiger partial charge is 0.326 e. The number of likely N-dealkylation sites (N-methyl/N-ethyl adjacent to an activating group) is 1. The molecule has 112 valence electrons. The Morgan fingerprint density at radius 3 is 2.55 bits per heavy atom. The van der Waals surface area contributed by atoms with Crippen molar-refractivity contribution in [3.05, 3.63) is 35.6 Å². The van der Waals surface area contributed by atoms with Gasteiger partial charge in [0.25, 0.3) is 0 Å². The number of hydrogen-bond donors (Lipinski definition) is 1. The highest BCUT2D eigenvalue weighted by molar-refractivity contribution is 5.22. The van der Waals surface area contributed by atoms with Gasteiger partial charge in [-0.05, 0) is 44.0 Å². The van der Waals surface area contributed by atoms with E-state index in [1.165, 1.54) is 38.2 Å². The van der Waals surface area contributed by atoms with Crippen LogP contribution < -0.4 is 5.73 Å². The monoisotopic (exact) mass is 278 g/mol. The van der Waals surface area contributed by atoms with Crippen LogP contribution in [0.4, 0.5) is 4.39 Å². The van der Waals surface area contributed by atoms with Gasteiger partial charge in [0.2, 0.25) is 0 Å². The smallest absolute Gasteiger partial charge is 0.123 e. The van der Waals surface area contributed by atoms with Crippen LogP contribution in [0.15, 0.2) is 24.3 Å². The van der Waals surface area contributed by atoms with Crippen molar-refractivity contribution in [3.63, 3.8) is 0 Å². The van der Waals surface area contributed by atoms with E-state index in [0.29, 0.717) is 6.04 Å². The highest BCUT2D eigenvalue weighted by Gasteiger charge is 2.29. The number of rotatable bonds is 5. The standard InChI is InChI=1S/C17H27FN2/c1-3-20(16-10-5-4-6-11-16)17(13(2)19)14-8-7-9-15(18)12-14/h7-9,12-13,16-17H,3-6,10-11,19H2,1-2H3. The molecule has 0 amide bonds. The van der Waals surface area contributed by atoms with Crippen LogP contribution in [-0.4, -0.2) is 23.5 Å². The van der Waals surface area contributed by atoms with Crippen LogP contribution in [0.5, 0.6) is 0 Å². The zero-order valence-corrected chi connectivity index (χ0v) is 12.7. The van der Waals surface area contributed by atoms with Crippen molar-refractivity contribution in [3.8, 4) is 0 Å². The zero-order chi connectivity index (χ0) is 14.5. The lowest BCUT2D eigenvalue weighted by molar-refractivity contribution is 0.0973. The molecular formula is C17H27FN2. The molecule has 2 N–H and O–H groups in total. The summed E-state index contributed by atoms with van der Waals surface area (Å²) in [5, 5.41) is 0. The maximum absolute atomic E-state index is 13.5. The number of benzene rings is 1. The highest BCUT2D eigenvalue weighted by atomic mass is 19.1. The van der Waals surface area contributed by atoms with Crippen LogP contribution in [0.3, 0.4) is 0 Å². The molecule has 20 heavy (non-hydrogen) atoms. The minimum absolute atomic E-state index is 0.00123. The molecule has 3 heteroatoms. The topological polar surface area (TPSA) is 29.3 Å². The van der Waals surface area contributed by atoms with Gasteiger partial charge in [0.15, 0.2) is 0 Å². The van der Waals surface area contributed by atoms with E-state index in [2.05, 4.69) is 11.8 Å². The third kappa shape index (κ3) is 3.58. The number of nitrogens with zero attached hydrogens (tertiary/aromatic N) is 1. The Labute approximate surface area is 122 Å². The predicted molar refractivity (Wildman–Crippen MR) is 82.0 cm³/mol. The zero-order valence-electron chi connectivity index (χ0n) is 12.7. The lowest BCUT2D eigenvalue weighted by Crippen LogP contribution is -2.45. The van der Waals surface area contributed by atoms with Gasteiger partial charge in [-0.3, -0.25) is 4.90 Å². The molecule has 1 fully saturated rings. The maximum atomic E-state index is 13.5. The fourth-order valence-corrected chi connectivity index (χ4v) is 3.58. The van der Waals surface area contributed by atoms with Gasteiger partial charge in [-0.2, -0.15) is 0 Å². The number of halogens is 1. The molecule has 1 aliphatic rings. The third-order valence-corrected chi connectivity index (χ3v) is 4.45. The number of nitrogens with two attached hydrogens (primary N) is 1. The summed E-state index contributed by atoms with van der Waals surface area (Å²) in [5.41, 5.74) is 7.24. The lowest BCUT2D eigenvalue weighted by Gasteiger charge is -2.41. The first-order chi connectivity index (χ1) is 9.63. The molecule has 1 aromatic carbocycles. The molecule has 0 aromatic heterocycles. The Morgan fingerprint density at radius 1 is 1.30 bits per heavy atom. The summed E-state index contributed by atoms with van der Waals surface area (Å²) in [6, 6.07) is 7.63. The van der Waals surface area contributed by atoms with Gasteiger partial charge in [-0.25, -0.2) is 4.39 Å². The molecule has 2 rings (SSSR count). The van der Waals surface area contributed by atoms with Crippen LogP contribution in [0.2, 0.25) is 0 Å². The van der Waals surface area contributed by atoms with Gasteiger partial charge >= 0.3 is 0 Å². The second-order valence-corrected chi connectivity index (χ2v) is 5.98. The van der Waals surface area contributed by atoms with Crippen LogP contribution in [0.1, 0.15) is 57.6 Å². The molecule has 0 saturated heterocycles. The van der Waals surface area contributed by atoms with E-state index in [9.17, 15) is 4.39 Å². The summed E-state index contributed by atoms with van der Waals surface area (Å²) >= 11 is 0. The van der Waals surface area contributed by atoms with E-state index in [1.54, 1.807) is 12.1 Å². The molecule has 2 nitrogen and oxygen atoms in total. The first-order valence-electron chi connectivity index (χ1n) is 7.90. The molecule has 0 heterocycles. The summed E-state index contributed by atoms with van der Waals surface area (Å²) in [5.74, 6) is -0.173. The SMILES string of the molecule is CCN(C1CCCCC1)C(c1cccc(F)c1)C(C)N. The van der Waals surface area contributed by atoms with E-state index in [0.717, 1.165) is 12.1 Å². The average molecular weight is 278 g/mol. The molecule has 0 spiro atoms. The summed E-state index contributed by atoms with van der Waals surface area (Å²) < 4.78 is 13.5. The number of hydrogen-bond acceptors (Lipinski definition) is 2. The molecule has 2 unspecified atom stereocenters. The fourth-order valence-electron chi connectivity index (χ4n) is 3.58. The van der Waals surface area contributed by atoms with Crippen molar-refractivity contribution in [1.29, 1.82) is 0 Å². The summed E-state index contributed by atoms with van der Waals surface area (Å²) in [7, 11) is 0. The van der Waals surface area contributed by atoms with Crippen molar-refractivity contribution in [2.75, 3.05) is 6.54 Å². The minimum Gasteiger partial charge on any atom is -0.326 e. The molecule has 1 aromatic rings. The van der Waals surface area contributed by atoms with Gasteiger partial charge in [0.05, 0.1) is 0 Å². The van der Waals surface area contributed by atoms with Crippen LogP contribution >= 0.6 is 0 Å². The minimum atomic E-state index is -0.173. The average Bonchev–Trinajstić information content (AvgIpc) is 2.45. The van der Waals surface area contributed by atoms with E-state index >= 15 is 0 Å².